The third kappa shape index (κ3) is 4.07. The molecule has 3 heterocycles. The lowest BCUT2D eigenvalue weighted by molar-refractivity contribution is 0.102. The fourth-order valence-corrected chi connectivity index (χ4v) is 3.72. The van der Waals surface area contributed by atoms with Gasteiger partial charge in [-0.2, -0.15) is 9.97 Å². The fraction of sp³-hybridized carbons (Fsp3) is 0.208. The Bertz CT molecular complexity index is 1220. The second-order valence-electron chi connectivity index (χ2n) is 7.46. The van der Waals surface area contributed by atoms with Gasteiger partial charge in [0.1, 0.15) is 5.82 Å². The monoisotopic (exact) mass is 414 g/mol. The third-order valence-corrected chi connectivity index (χ3v) is 5.32. The average Bonchev–Trinajstić information content (AvgIpc) is 3.16. The van der Waals surface area contributed by atoms with Crippen LogP contribution in [0.15, 0.2) is 65.5 Å². The normalized spacial score (nSPS) is 13.2. The highest BCUT2D eigenvalue weighted by atomic mass is 16.5. The van der Waals surface area contributed by atoms with Gasteiger partial charge >= 0.3 is 0 Å². The Kier molecular flexibility index (Phi) is 5.22. The van der Waals surface area contributed by atoms with Crippen LogP contribution in [-0.4, -0.2) is 22.5 Å². The first-order valence-electron chi connectivity index (χ1n) is 10.4. The van der Waals surface area contributed by atoms with Crippen LogP contribution in [0, 0.1) is 0 Å². The summed E-state index contributed by atoms with van der Waals surface area (Å²) in [7, 11) is 0. The number of benzene rings is 2. The van der Waals surface area contributed by atoms with Crippen LogP contribution < -0.4 is 15.4 Å². The highest BCUT2D eigenvalue weighted by Gasteiger charge is 2.20. The van der Waals surface area contributed by atoms with Gasteiger partial charge in [0.05, 0.1) is 30.3 Å². The molecular formula is C24H22N4O3. The zero-order chi connectivity index (χ0) is 21.0. The van der Waals surface area contributed by atoms with Gasteiger partial charge in [-0.25, -0.2) is 0 Å². The lowest BCUT2D eigenvalue weighted by Crippen LogP contribution is -2.17. The molecule has 1 amide bonds. The first-order valence-corrected chi connectivity index (χ1v) is 10.4. The smallest absolute Gasteiger partial charge is 0.258 e. The highest BCUT2D eigenvalue weighted by Crippen LogP contribution is 2.30. The van der Waals surface area contributed by atoms with Gasteiger partial charge in [0, 0.05) is 17.3 Å². The van der Waals surface area contributed by atoms with Crippen LogP contribution >= 0.6 is 0 Å². The van der Waals surface area contributed by atoms with E-state index in [9.17, 15) is 4.79 Å². The topological polar surface area (TPSA) is 89.3 Å². The molecule has 31 heavy (non-hydrogen) atoms. The van der Waals surface area contributed by atoms with Crippen molar-refractivity contribution in [1.82, 2.24) is 9.97 Å². The summed E-state index contributed by atoms with van der Waals surface area (Å²) in [6.45, 7) is 1.22. The number of rotatable bonds is 5. The van der Waals surface area contributed by atoms with E-state index in [2.05, 4.69) is 32.7 Å². The van der Waals surface area contributed by atoms with E-state index in [0.29, 0.717) is 30.4 Å². The van der Waals surface area contributed by atoms with Crippen LogP contribution in [-0.2, 0) is 13.0 Å². The molecule has 7 heteroatoms. The predicted molar refractivity (Wildman–Crippen MR) is 118 cm³/mol. The molecule has 2 N–H and O–H groups in total. The first-order chi connectivity index (χ1) is 15.3. The summed E-state index contributed by atoms with van der Waals surface area (Å²) < 4.78 is 11.1. The van der Waals surface area contributed by atoms with Crippen LogP contribution in [0.25, 0.3) is 10.8 Å². The molecule has 0 radical (unpaired) electrons. The van der Waals surface area contributed by atoms with Crippen molar-refractivity contribution < 1.29 is 13.9 Å². The van der Waals surface area contributed by atoms with Crippen LogP contribution in [0.5, 0.6) is 5.88 Å². The van der Waals surface area contributed by atoms with Gasteiger partial charge in [-0.05, 0) is 30.9 Å². The minimum Gasteiger partial charge on any atom is -0.477 e. The maximum atomic E-state index is 13.0. The zero-order valence-corrected chi connectivity index (χ0v) is 16.9. The molecule has 0 atom stereocenters. The molecule has 0 unspecified atom stereocenters. The van der Waals surface area contributed by atoms with Crippen LogP contribution in [0.2, 0.25) is 0 Å². The molecule has 1 aliphatic rings. The number of nitrogens with one attached hydrogen (secondary N) is 2. The molecule has 156 valence electrons. The second kappa shape index (κ2) is 8.47. The molecule has 0 saturated carbocycles. The summed E-state index contributed by atoms with van der Waals surface area (Å²) in [5.74, 6) is 1.13. The van der Waals surface area contributed by atoms with Crippen molar-refractivity contribution in [2.24, 2.45) is 0 Å². The van der Waals surface area contributed by atoms with Gasteiger partial charge in [0.2, 0.25) is 11.8 Å². The number of furan rings is 1. The number of carbonyl (C=O) groups is 1. The van der Waals surface area contributed by atoms with Crippen molar-refractivity contribution in [3.8, 4) is 5.88 Å². The Morgan fingerprint density at radius 3 is 2.81 bits per heavy atom. The van der Waals surface area contributed by atoms with E-state index in [0.717, 1.165) is 41.2 Å². The molecule has 2 aromatic heterocycles. The summed E-state index contributed by atoms with van der Waals surface area (Å²) in [6.07, 6.45) is 5.97. The number of hydrogen-bond acceptors (Lipinski definition) is 6. The highest BCUT2D eigenvalue weighted by molar-refractivity contribution is 6.12. The van der Waals surface area contributed by atoms with E-state index in [-0.39, 0.29) is 11.9 Å². The Labute approximate surface area is 179 Å². The maximum absolute atomic E-state index is 13.0. The SMILES string of the molecule is O=C(Nc1nc(NCc2ccccc2)c2c(n1)OCCCC2)c1cccc2cocc12. The molecule has 1 aliphatic heterocycles. The number of nitrogens with zero attached hydrogens (tertiary/aromatic N) is 2. The minimum absolute atomic E-state index is 0.210. The second-order valence-corrected chi connectivity index (χ2v) is 7.46. The first kappa shape index (κ1) is 19.1. The number of fused-ring (bicyclic) bond motifs is 2. The largest absolute Gasteiger partial charge is 0.477 e. The summed E-state index contributed by atoms with van der Waals surface area (Å²) >= 11 is 0. The number of anilines is 2. The molecule has 7 nitrogen and oxygen atoms in total. The Morgan fingerprint density at radius 1 is 1.00 bits per heavy atom. The minimum atomic E-state index is -0.297. The average molecular weight is 414 g/mol. The van der Waals surface area contributed by atoms with Crippen molar-refractivity contribution in [2.75, 3.05) is 17.2 Å². The standard InChI is InChI=1S/C24H22N4O3/c29-22(18-11-6-9-17-14-30-15-20(17)18)27-24-26-21(25-13-16-7-2-1-3-8-16)19-10-4-5-12-31-23(19)28-24/h1-3,6-9,11,14-15H,4-5,10,12-13H2,(H2,25,26,27,28,29). The molecule has 0 spiro atoms. The molecule has 0 saturated heterocycles. The number of amides is 1. The van der Waals surface area contributed by atoms with Crippen molar-refractivity contribution >= 4 is 28.4 Å². The number of hydrogen-bond donors (Lipinski definition) is 2. The van der Waals surface area contributed by atoms with Crippen molar-refractivity contribution in [3.63, 3.8) is 0 Å². The number of ether oxygens (including phenoxy) is 1. The quantitative estimate of drug-likeness (QED) is 0.488. The summed E-state index contributed by atoms with van der Waals surface area (Å²) in [4.78, 5) is 22.1. The molecular weight excluding hydrogens is 392 g/mol. The van der Waals surface area contributed by atoms with E-state index in [1.165, 1.54) is 0 Å². The predicted octanol–water partition coefficient (Wildman–Crippen LogP) is 4.80. The summed E-state index contributed by atoms with van der Waals surface area (Å²) in [5, 5.41) is 7.83. The summed E-state index contributed by atoms with van der Waals surface area (Å²) in [6, 6.07) is 15.6. The van der Waals surface area contributed by atoms with E-state index >= 15 is 0 Å². The van der Waals surface area contributed by atoms with Crippen molar-refractivity contribution in [3.05, 3.63) is 77.7 Å². The third-order valence-electron chi connectivity index (χ3n) is 5.32. The molecule has 0 bridgehead atoms. The lowest BCUT2D eigenvalue weighted by atomic mass is 10.1. The Balaban J connectivity index is 1.44. The molecule has 0 aliphatic carbocycles. The van der Waals surface area contributed by atoms with E-state index < -0.39 is 0 Å². The summed E-state index contributed by atoms with van der Waals surface area (Å²) in [5.41, 5.74) is 2.59. The molecule has 0 fully saturated rings. The molecule has 5 rings (SSSR count). The van der Waals surface area contributed by atoms with Crippen molar-refractivity contribution in [2.45, 2.75) is 25.8 Å². The lowest BCUT2D eigenvalue weighted by Gasteiger charge is -2.15. The van der Waals surface area contributed by atoms with Gasteiger partial charge in [0.25, 0.3) is 5.91 Å². The van der Waals surface area contributed by atoms with Gasteiger partial charge in [-0.15, -0.1) is 0 Å². The number of aromatic nitrogens is 2. The van der Waals surface area contributed by atoms with Crippen LogP contribution in [0.3, 0.4) is 0 Å². The van der Waals surface area contributed by atoms with Gasteiger partial charge in [0.15, 0.2) is 0 Å². The maximum Gasteiger partial charge on any atom is 0.258 e. The molecule has 4 aromatic rings. The van der Waals surface area contributed by atoms with E-state index in [4.69, 9.17) is 9.15 Å². The van der Waals surface area contributed by atoms with Crippen LogP contribution in [0.4, 0.5) is 11.8 Å². The van der Waals surface area contributed by atoms with E-state index in [1.54, 1.807) is 18.6 Å². The zero-order valence-electron chi connectivity index (χ0n) is 16.9. The van der Waals surface area contributed by atoms with Gasteiger partial charge < -0.3 is 14.5 Å². The Morgan fingerprint density at radius 2 is 1.90 bits per heavy atom. The van der Waals surface area contributed by atoms with Crippen molar-refractivity contribution in [1.29, 1.82) is 0 Å². The van der Waals surface area contributed by atoms with Gasteiger partial charge in [-0.1, -0.05) is 42.5 Å². The molecule has 2 aromatic carbocycles. The Hall–Kier alpha value is -3.87. The van der Waals surface area contributed by atoms with Gasteiger partial charge in [-0.3, -0.25) is 10.1 Å². The number of carbonyl (C=O) groups excluding carboxylic acids is 1. The van der Waals surface area contributed by atoms with E-state index in [1.807, 2.05) is 30.3 Å². The fourth-order valence-electron chi connectivity index (χ4n) is 3.72. The van der Waals surface area contributed by atoms with Crippen LogP contribution in [0.1, 0.15) is 34.3 Å².